The Morgan fingerprint density at radius 3 is 2.41 bits per heavy atom. The molecule has 2 rings (SSSR count). The van der Waals surface area contributed by atoms with E-state index >= 15 is 0 Å². The number of carbonyl (C=O) groups excluding carboxylic acids is 2. The number of carbonyl (C=O) groups is 2. The normalized spacial score (nSPS) is 14.2. The summed E-state index contributed by atoms with van der Waals surface area (Å²) in [5, 5.41) is 0. The molecule has 0 N–H and O–H groups in total. The summed E-state index contributed by atoms with van der Waals surface area (Å²) in [6.07, 6.45) is -2.00. The number of hydrogen-bond acceptors (Lipinski definition) is 7. The maximum atomic E-state index is 11.6. The first-order chi connectivity index (χ1) is 10.5. The second-order valence-electron chi connectivity index (χ2n) is 4.93. The topological polar surface area (TPSA) is 80.3 Å². The van der Waals surface area contributed by atoms with E-state index in [-0.39, 0.29) is 11.7 Å². The predicted octanol–water partition coefficient (Wildman–Crippen LogP) is 2.52. The Kier molecular flexibility index (Phi) is 5.08. The summed E-state index contributed by atoms with van der Waals surface area (Å²) >= 11 is 0. The monoisotopic (exact) mass is 310 g/mol. The molecule has 1 heterocycles. The third-order valence-electron chi connectivity index (χ3n) is 2.73. The van der Waals surface area contributed by atoms with Crippen molar-refractivity contribution in [2.24, 2.45) is 5.92 Å². The van der Waals surface area contributed by atoms with Gasteiger partial charge in [0.25, 0.3) is 0 Å². The summed E-state index contributed by atoms with van der Waals surface area (Å²) in [5.41, 5.74) is 0. The molecule has 1 aliphatic rings. The van der Waals surface area contributed by atoms with E-state index in [1.54, 1.807) is 26.0 Å². The fourth-order valence-electron chi connectivity index (χ4n) is 1.67. The smallest absolute Gasteiger partial charge is 0.486 e. The van der Waals surface area contributed by atoms with Crippen molar-refractivity contribution in [1.29, 1.82) is 0 Å². The van der Waals surface area contributed by atoms with Gasteiger partial charge in [-0.3, -0.25) is 4.79 Å². The second-order valence-corrected chi connectivity index (χ2v) is 4.93. The van der Waals surface area contributed by atoms with Gasteiger partial charge >= 0.3 is 12.1 Å². The van der Waals surface area contributed by atoms with Crippen LogP contribution in [-0.2, 0) is 14.3 Å². The molecule has 7 heteroatoms. The largest absolute Gasteiger partial charge is 0.516 e. The van der Waals surface area contributed by atoms with E-state index in [0.717, 1.165) is 0 Å². The van der Waals surface area contributed by atoms with Gasteiger partial charge in [-0.1, -0.05) is 13.8 Å². The molecule has 22 heavy (non-hydrogen) atoms. The van der Waals surface area contributed by atoms with Crippen molar-refractivity contribution in [3.05, 3.63) is 18.2 Å². The third-order valence-corrected chi connectivity index (χ3v) is 2.73. The zero-order chi connectivity index (χ0) is 16.1. The Hall–Kier alpha value is -2.44. The van der Waals surface area contributed by atoms with Crippen molar-refractivity contribution in [3.63, 3.8) is 0 Å². The van der Waals surface area contributed by atoms with Crippen molar-refractivity contribution in [2.75, 3.05) is 13.2 Å². The van der Waals surface area contributed by atoms with Crippen LogP contribution in [0.5, 0.6) is 17.2 Å². The summed E-state index contributed by atoms with van der Waals surface area (Å²) in [7, 11) is 0. The minimum absolute atomic E-state index is 0.247. The summed E-state index contributed by atoms with van der Waals surface area (Å²) in [6, 6.07) is 4.72. The van der Waals surface area contributed by atoms with Gasteiger partial charge in [0.15, 0.2) is 11.5 Å². The fourth-order valence-corrected chi connectivity index (χ4v) is 1.67. The van der Waals surface area contributed by atoms with Crippen molar-refractivity contribution in [2.45, 2.75) is 27.1 Å². The molecule has 0 saturated heterocycles. The molecule has 0 amide bonds. The lowest BCUT2D eigenvalue weighted by Crippen LogP contribution is -2.25. The molecule has 0 spiro atoms. The maximum absolute atomic E-state index is 11.6. The van der Waals surface area contributed by atoms with E-state index in [9.17, 15) is 9.59 Å². The lowest BCUT2D eigenvalue weighted by atomic mass is 10.2. The molecule has 0 fully saturated rings. The minimum atomic E-state index is -1.03. The highest BCUT2D eigenvalue weighted by atomic mass is 16.8. The van der Waals surface area contributed by atoms with Crippen LogP contribution in [0.25, 0.3) is 0 Å². The molecule has 0 radical (unpaired) electrons. The van der Waals surface area contributed by atoms with Crippen molar-refractivity contribution in [3.8, 4) is 17.2 Å². The molecule has 0 aromatic heterocycles. The molecule has 0 saturated carbocycles. The zero-order valence-corrected chi connectivity index (χ0v) is 12.7. The molecule has 1 aromatic rings. The van der Waals surface area contributed by atoms with Gasteiger partial charge in [0.2, 0.25) is 6.29 Å². The Balaban J connectivity index is 1.88. The van der Waals surface area contributed by atoms with Crippen LogP contribution in [0, 0.1) is 5.92 Å². The summed E-state index contributed by atoms with van der Waals surface area (Å²) < 4.78 is 25.5. The standard InChI is InChI=1S/C15H18O7/c1-9(2)14(16)20-10(3)21-15(17)22-11-4-5-12-13(8-11)19-7-6-18-12/h4-5,8-10H,6-7H2,1-3H3/t10-/m1/s1. The van der Waals surface area contributed by atoms with Crippen LogP contribution in [0.2, 0.25) is 0 Å². The number of ether oxygens (including phenoxy) is 5. The van der Waals surface area contributed by atoms with Crippen LogP contribution in [0.15, 0.2) is 18.2 Å². The molecule has 1 atom stereocenters. The van der Waals surface area contributed by atoms with Crippen LogP contribution in [0.4, 0.5) is 4.79 Å². The lowest BCUT2D eigenvalue weighted by molar-refractivity contribution is -0.170. The molecule has 120 valence electrons. The highest BCUT2D eigenvalue weighted by Gasteiger charge is 2.19. The van der Waals surface area contributed by atoms with Crippen LogP contribution in [0.3, 0.4) is 0 Å². The van der Waals surface area contributed by atoms with Gasteiger partial charge in [-0.2, -0.15) is 0 Å². The molecular formula is C15H18O7. The summed E-state index contributed by atoms with van der Waals surface area (Å²) in [4.78, 5) is 23.0. The SMILES string of the molecule is CC(C)C(=O)O[C@@H](C)OC(=O)Oc1ccc2c(c1)OCCO2. The van der Waals surface area contributed by atoms with Gasteiger partial charge in [0.05, 0.1) is 5.92 Å². The highest BCUT2D eigenvalue weighted by molar-refractivity contribution is 5.72. The van der Waals surface area contributed by atoms with Gasteiger partial charge in [-0.15, -0.1) is 0 Å². The molecule has 0 aliphatic carbocycles. The highest BCUT2D eigenvalue weighted by Crippen LogP contribution is 2.33. The van der Waals surface area contributed by atoms with Gasteiger partial charge < -0.3 is 23.7 Å². The van der Waals surface area contributed by atoms with E-state index in [2.05, 4.69) is 0 Å². The first kappa shape index (κ1) is 15.9. The Morgan fingerprint density at radius 1 is 1.05 bits per heavy atom. The third kappa shape index (κ3) is 4.28. The van der Waals surface area contributed by atoms with Gasteiger partial charge in [0, 0.05) is 13.0 Å². The predicted molar refractivity (Wildman–Crippen MR) is 74.9 cm³/mol. The quantitative estimate of drug-likeness (QED) is 0.480. The minimum Gasteiger partial charge on any atom is -0.486 e. The lowest BCUT2D eigenvalue weighted by Gasteiger charge is -2.19. The molecule has 1 aliphatic heterocycles. The van der Waals surface area contributed by atoms with Gasteiger partial charge in [0.1, 0.15) is 19.0 Å². The van der Waals surface area contributed by atoms with E-state index in [1.165, 1.54) is 13.0 Å². The van der Waals surface area contributed by atoms with Gasteiger partial charge in [-0.25, -0.2) is 4.79 Å². The van der Waals surface area contributed by atoms with E-state index < -0.39 is 18.4 Å². The molecular weight excluding hydrogens is 292 g/mol. The van der Waals surface area contributed by atoms with E-state index in [1.807, 2.05) is 0 Å². The van der Waals surface area contributed by atoms with E-state index in [4.69, 9.17) is 23.7 Å². The average Bonchev–Trinajstić information content (AvgIpc) is 2.46. The molecule has 7 nitrogen and oxygen atoms in total. The number of fused-ring (bicyclic) bond motifs is 1. The summed E-state index contributed by atoms with van der Waals surface area (Å²) in [6.45, 7) is 5.72. The molecule has 1 aromatic carbocycles. The first-order valence-electron chi connectivity index (χ1n) is 6.94. The summed E-state index contributed by atoms with van der Waals surface area (Å²) in [5.74, 6) is 0.568. The molecule has 0 bridgehead atoms. The van der Waals surface area contributed by atoms with E-state index in [0.29, 0.717) is 24.7 Å². The zero-order valence-electron chi connectivity index (χ0n) is 12.7. The van der Waals surface area contributed by atoms with Crippen LogP contribution >= 0.6 is 0 Å². The fraction of sp³-hybridized carbons (Fsp3) is 0.467. The molecule has 0 unspecified atom stereocenters. The van der Waals surface area contributed by atoms with Gasteiger partial charge in [-0.05, 0) is 12.1 Å². The van der Waals surface area contributed by atoms with Crippen molar-refractivity contribution in [1.82, 2.24) is 0 Å². The Bertz CT molecular complexity index is 553. The van der Waals surface area contributed by atoms with Crippen LogP contribution in [0.1, 0.15) is 20.8 Å². The Morgan fingerprint density at radius 2 is 1.73 bits per heavy atom. The second kappa shape index (κ2) is 7.02. The first-order valence-corrected chi connectivity index (χ1v) is 6.94. The maximum Gasteiger partial charge on any atom is 0.516 e. The Labute approximate surface area is 128 Å². The number of rotatable bonds is 4. The average molecular weight is 310 g/mol. The van der Waals surface area contributed by atoms with Crippen LogP contribution in [-0.4, -0.2) is 31.6 Å². The number of hydrogen-bond donors (Lipinski definition) is 0. The number of esters is 1. The van der Waals surface area contributed by atoms with Crippen LogP contribution < -0.4 is 14.2 Å². The number of benzene rings is 1. The van der Waals surface area contributed by atoms with Crippen molar-refractivity contribution >= 4 is 12.1 Å². The van der Waals surface area contributed by atoms with Crippen molar-refractivity contribution < 1.29 is 33.3 Å².